The Morgan fingerprint density at radius 1 is 1.39 bits per heavy atom. The average Bonchev–Trinajstić information content (AvgIpc) is 2.42. The number of methoxy groups -OCH3 is 2. The fourth-order valence-electron chi connectivity index (χ4n) is 1.34. The van der Waals surface area contributed by atoms with Gasteiger partial charge < -0.3 is 14.8 Å². The Labute approximate surface area is 104 Å². The molecular weight excluding hydrogens is 236 g/mol. The Balaban J connectivity index is 2.62. The number of carbonyl (C=O) groups excluding carboxylic acids is 1. The predicted molar refractivity (Wildman–Crippen MR) is 65.4 cm³/mol. The summed E-state index contributed by atoms with van der Waals surface area (Å²) in [6.07, 6.45) is 0. The van der Waals surface area contributed by atoms with Gasteiger partial charge in [0.1, 0.15) is 6.54 Å². The van der Waals surface area contributed by atoms with Crippen molar-refractivity contribution in [3.05, 3.63) is 34.2 Å². The standard InChI is InChI=1S/C11H14N4O3/c1-17-9-4-3-8(5-10(9)18-2)6-13-11(16)7-14-15-12/h3-5H,6-7H2,1-2H3,(H,13,16). The highest BCUT2D eigenvalue weighted by Crippen LogP contribution is 2.27. The van der Waals surface area contributed by atoms with Gasteiger partial charge in [0.05, 0.1) is 14.2 Å². The van der Waals surface area contributed by atoms with E-state index >= 15 is 0 Å². The summed E-state index contributed by atoms with van der Waals surface area (Å²) in [5, 5.41) is 5.79. The lowest BCUT2D eigenvalue weighted by Crippen LogP contribution is -2.24. The minimum Gasteiger partial charge on any atom is -0.493 e. The predicted octanol–water partition coefficient (Wildman–Crippen LogP) is 1.63. The van der Waals surface area contributed by atoms with Gasteiger partial charge in [-0.05, 0) is 23.2 Å². The fourth-order valence-corrected chi connectivity index (χ4v) is 1.34. The molecule has 0 saturated carbocycles. The topological polar surface area (TPSA) is 96.3 Å². The molecule has 0 aliphatic heterocycles. The normalized spacial score (nSPS) is 9.22. The number of nitrogens with one attached hydrogen (secondary N) is 1. The third kappa shape index (κ3) is 3.88. The van der Waals surface area contributed by atoms with Crippen molar-refractivity contribution in [3.63, 3.8) is 0 Å². The van der Waals surface area contributed by atoms with Gasteiger partial charge in [0.15, 0.2) is 11.5 Å². The van der Waals surface area contributed by atoms with Crippen LogP contribution in [0.2, 0.25) is 0 Å². The second-order valence-electron chi connectivity index (χ2n) is 3.36. The van der Waals surface area contributed by atoms with Crippen LogP contribution in [-0.2, 0) is 11.3 Å². The molecule has 1 aromatic carbocycles. The number of ether oxygens (including phenoxy) is 2. The molecule has 18 heavy (non-hydrogen) atoms. The molecule has 7 heteroatoms. The Bertz CT molecular complexity index is 469. The van der Waals surface area contributed by atoms with Crippen LogP contribution < -0.4 is 14.8 Å². The molecule has 7 nitrogen and oxygen atoms in total. The molecule has 1 aromatic rings. The molecule has 1 N–H and O–H groups in total. The van der Waals surface area contributed by atoms with E-state index in [0.29, 0.717) is 18.0 Å². The molecule has 0 bridgehead atoms. The van der Waals surface area contributed by atoms with Crippen molar-refractivity contribution < 1.29 is 14.3 Å². The van der Waals surface area contributed by atoms with Gasteiger partial charge in [-0.25, -0.2) is 0 Å². The highest BCUT2D eigenvalue weighted by Gasteiger charge is 2.05. The molecule has 0 spiro atoms. The number of hydrogen-bond acceptors (Lipinski definition) is 4. The molecule has 0 saturated heterocycles. The Kier molecular flexibility index (Phi) is 5.34. The second kappa shape index (κ2) is 7.03. The van der Waals surface area contributed by atoms with Crippen LogP contribution in [0.4, 0.5) is 0 Å². The molecule has 1 amide bonds. The maximum atomic E-state index is 11.2. The summed E-state index contributed by atoms with van der Waals surface area (Å²) >= 11 is 0. The monoisotopic (exact) mass is 250 g/mol. The van der Waals surface area contributed by atoms with E-state index in [4.69, 9.17) is 15.0 Å². The van der Waals surface area contributed by atoms with Crippen molar-refractivity contribution >= 4 is 5.91 Å². The van der Waals surface area contributed by atoms with Crippen LogP contribution in [0.5, 0.6) is 11.5 Å². The number of rotatable bonds is 6. The van der Waals surface area contributed by atoms with E-state index in [-0.39, 0.29) is 12.5 Å². The van der Waals surface area contributed by atoms with Crippen molar-refractivity contribution in [2.45, 2.75) is 6.54 Å². The number of nitrogens with zero attached hydrogens (tertiary/aromatic N) is 3. The fraction of sp³-hybridized carbons (Fsp3) is 0.364. The molecule has 0 fully saturated rings. The van der Waals surface area contributed by atoms with Crippen LogP contribution in [0.15, 0.2) is 23.3 Å². The van der Waals surface area contributed by atoms with Crippen molar-refractivity contribution in [1.29, 1.82) is 0 Å². The number of benzene rings is 1. The molecule has 0 aromatic heterocycles. The SMILES string of the molecule is COc1ccc(CNC(=O)CN=[N+]=[N-])cc1OC. The van der Waals surface area contributed by atoms with Gasteiger partial charge in [-0.2, -0.15) is 0 Å². The zero-order chi connectivity index (χ0) is 13.4. The second-order valence-corrected chi connectivity index (χ2v) is 3.36. The van der Waals surface area contributed by atoms with Crippen LogP contribution in [0.1, 0.15) is 5.56 Å². The molecule has 0 aliphatic carbocycles. The molecule has 0 atom stereocenters. The van der Waals surface area contributed by atoms with Gasteiger partial charge in [-0.1, -0.05) is 11.2 Å². The van der Waals surface area contributed by atoms with Crippen LogP contribution in [0.25, 0.3) is 10.4 Å². The van der Waals surface area contributed by atoms with Crippen molar-refractivity contribution in [3.8, 4) is 11.5 Å². The first kappa shape index (κ1) is 13.7. The Morgan fingerprint density at radius 2 is 2.11 bits per heavy atom. The quantitative estimate of drug-likeness (QED) is 0.472. The number of amides is 1. The van der Waals surface area contributed by atoms with Gasteiger partial charge in [0.25, 0.3) is 0 Å². The van der Waals surface area contributed by atoms with Gasteiger partial charge in [-0.3, -0.25) is 4.79 Å². The van der Waals surface area contributed by atoms with Crippen LogP contribution >= 0.6 is 0 Å². The number of hydrogen-bond donors (Lipinski definition) is 1. The average molecular weight is 250 g/mol. The summed E-state index contributed by atoms with van der Waals surface area (Å²) in [4.78, 5) is 13.7. The molecular formula is C11H14N4O3. The number of carbonyl (C=O) groups is 1. The smallest absolute Gasteiger partial charge is 0.226 e. The summed E-state index contributed by atoms with van der Waals surface area (Å²) in [5.41, 5.74) is 8.94. The van der Waals surface area contributed by atoms with E-state index in [1.165, 1.54) is 0 Å². The van der Waals surface area contributed by atoms with Crippen molar-refractivity contribution in [2.24, 2.45) is 5.11 Å². The molecule has 0 aliphatic rings. The van der Waals surface area contributed by atoms with E-state index in [2.05, 4.69) is 15.3 Å². The number of azide groups is 1. The van der Waals surface area contributed by atoms with Gasteiger partial charge in [0, 0.05) is 11.5 Å². The highest BCUT2D eigenvalue weighted by atomic mass is 16.5. The summed E-state index contributed by atoms with van der Waals surface area (Å²) in [7, 11) is 3.10. The lowest BCUT2D eigenvalue weighted by atomic mass is 10.2. The van der Waals surface area contributed by atoms with E-state index in [0.717, 1.165) is 5.56 Å². The Morgan fingerprint density at radius 3 is 2.72 bits per heavy atom. The van der Waals surface area contributed by atoms with Gasteiger partial charge in [0.2, 0.25) is 5.91 Å². The van der Waals surface area contributed by atoms with Crippen LogP contribution in [0.3, 0.4) is 0 Å². The Hall–Kier alpha value is -2.40. The molecule has 96 valence electrons. The summed E-state index contributed by atoms with van der Waals surface area (Å²) in [5.74, 6) is 0.892. The van der Waals surface area contributed by atoms with Gasteiger partial charge >= 0.3 is 0 Å². The summed E-state index contributed by atoms with van der Waals surface area (Å²) in [6.45, 7) is 0.129. The molecule has 0 unspecified atom stereocenters. The first-order valence-electron chi connectivity index (χ1n) is 5.19. The van der Waals surface area contributed by atoms with Crippen molar-refractivity contribution in [1.82, 2.24) is 5.32 Å². The maximum absolute atomic E-state index is 11.2. The molecule has 1 rings (SSSR count). The van der Waals surface area contributed by atoms with Crippen molar-refractivity contribution in [2.75, 3.05) is 20.8 Å². The third-order valence-corrected chi connectivity index (χ3v) is 2.22. The van der Waals surface area contributed by atoms with E-state index in [9.17, 15) is 4.79 Å². The third-order valence-electron chi connectivity index (χ3n) is 2.22. The zero-order valence-electron chi connectivity index (χ0n) is 10.2. The lowest BCUT2D eigenvalue weighted by molar-refractivity contribution is -0.119. The van der Waals surface area contributed by atoms with Gasteiger partial charge in [-0.15, -0.1) is 0 Å². The minimum absolute atomic E-state index is 0.205. The molecule has 0 heterocycles. The first-order valence-corrected chi connectivity index (χ1v) is 5.19. The summed E-state index contributed by atoms with van der Waals surface area (Å²) in [6, 6.07) is 5.34. The van der Waals surface area contributed by atoms with Crippen LogP contribution in [0, 0.1) is 0 Å². The van der Waals surface area contributed by atoms with E-state index in [1.54, 1.807) is 26.4 Å². The zero-order valence-corrected chi connectivity index (χ0v) is 10.2. The van der Waals surface area contributed by atoms with Crippen LogP contribution in [-0.4, -0.2) is 26.7 Å². The lowest BCUT2D eigenvalue weighted by Gasteiger charge is -2.09. The maximum Gasteiger partial charge on any atom is 0.226 e. The minimum atomic E-state index is -0.331. The largest absolute Gasteiger partial charge is 0.493 e. The summed E-state index contributed by atoms with van der Waals surface area (Å²) < 4.78 is 10.2. The van der Waals surface area contributed by atoms with E-state index < -0.39 is 0 Å². The molecule has 0 radical (unpaired) electrons. The first-order chi connectivity index (χ1) is 8.71. The highest BCUT2D eigenvalue weighted by molar-refractivity contribution is 5.78. The van der Waals surface area contributed by atoms with E-state index in [1.807, 2.05) is 6.07 Å².